The molecule has 0 spiro atoms. The topological polar surface area (TPSA) is 137 Å². The fourth-order valence-corrected chi connectivity index (χ4v) is 3.40. The fourth-order valence-electron chi connectivity index (χ4n) is 3.40. The van der Waals surface area contributed by atoms with Crippen LogP contribution in [0, 0.1) is 0 Å². The zero-order valence-electron chi connectivity index (χ0n) is 19.4. The van der Waals surface area contributed by atoms with Gasteiger partial charge in [-0.1, -0.05) is 42.5 Å². The number of benzene rings is 2. The Morgan fingerprint density at radius 3 is 2.24 bits per heavy atom. The SMILES string of the molecule is C[C@@H](CC(=O)NCc1cccc2ccccc12)NC(=O)[C@H](CC(=O)NC(C)(C)C)NC(=O)O. The minimum Gasteiger partial charge on any atom is -0.465 e. The van der Waals surface area contributed by atoms with Crippen LogP contribution >= 0.6 is 0 Å². The van der Waals surface area contributed by atoms with E-state index in [1.165, 1.54) is 0 Å². The van der Waals surface area contributed by atoms with Gasteiger partial charge in [0.25, 0.3) is 0 Å². The van der Waals surface area contributed by atoms with Crippen molar-refractivity contribution in [3.8, 4) is 0 Å². The Bertz CT molecular complexity index is 1010. The molecule has 4 amide bonds. The molecule has 33 heavy (non-hydrogen) atoms. The molecule has 0 fully saturated rings. The normalized spacial score (nSPS) is 13.0. The molecule has 2 atom stereocenters. The molecule has 0 heterocycles. The number of nitrogens with one attached hydrogen (secondary N) is 4. The number of fused-ring (bicyclic) bond motifs is 1. The van der Waals surface area contributed by atoms with E-state index in [1.807, 2.05) is 42.5 Å². The Morgan fingerprint density at radius 1 is 0.909 bits per heavy atom. The lowest BCUT2D eigenvalue weighted by molar-refractivity contribution is -0.129. The van der Waals surface area contributed by atoms with Gasteiger partial charge in [0, 0.05) is 24.5 Å². The first-order valence-electron chi connectivity index (χ1n) is 10.8. The second kappa shape index (κ2) is 11.3. The van der Waals surface area contributed by atoms with Gasteiger partial charge in [0.15, 0.2) is 0 Å². The van der Waals surface area contributed by atoms with Crippen molar-refractivity contribution in [1.29, 1.82) is 0 Å². The van der Waals surface area contributed by atoms with Crippen LogP contribution in [0.15, 0.2) is 42.5 Å². The molecule has 178 valence electrons. The summed E-state index contributed by atoms with van der Waals surface area (Å²) in [6.07, 6.45) is -1.76. The van der Waals surface area contributed by atoms with Crippen molar-refractivity contribution in [2.75, 3.05) is 0 Å². The zero-order chi connectivity index (χ0) is 24.6. The van der Waals surface area contributed by atoms with E-state index in [2.05, 4.69) is 21.3 Å². The summed E-state index contributed by atoms with van der Waals surface area (Å²) in [4.78, 5) is 48.2. The van der Waals surface area contributed by atoms with Crippen LogP contribution in [0.25, 0.3) is 10.8 Å². The van der Waals surface area contributed by atoms with Crippen molar-refractivity contribution in [2.45, 2.75) is 64.7 Å². The number of carbonyl (C=O) groups excluding carboxylic acids is 3. The van der Waals surface area contributed by atoms with Gasteiger partial charge in [0.05, 0.1) is 6.42 Å². The first-order valence-corrected chi connectivity index (χ1v) is 10.8. The maximum Gasteiger partial charge on any atom is 0.405 e. The van der Waals surface area contributed by atoms with Crippen LogP contribution in [0.4, 0.5) is 4.79 Å². The predicted molar refractivity (Wildman–Crippen MR) is 125 cm³/mol. The molecule has 0 bridgehead atoms. The number of carboxylic acid groups (broad SMARTS) is 1. The molecule has 9 heteroatoms. The van der Waals surface area contributed by atoms with Crippen LogP contribution in [-0.2, 0) is 20.9 Å². The van der Waals surface area contributed by atoms with Crippen molar-refractivity contribution >= 4 is 34.6 Å². The Hall–Kier alpha value is -3.62. The third-order valence-corrected chi connectivity index (χ3v) is 4.75. The first-order chi connectivity index (χ1) is 15.4. The molecule has 2 aromatic rings. The van der Waals surface area contributed by atoms with Crippen molar-refractivity contribution in [2.24, 2.45) is 0 Å². The molecule has 0 saturated carbocycles. The molecule has 2 rings (SSSR count). The molecule has 0 saturated heterocycles. The van der Waals surface area contributed by atoms with Gasteiger partial charge >= 0.3 is 6.09 Å². The lowest BCUT2D eigenvalue weighted by atomic mass is 10.0. The summed E-state index contributed by atoms with van der Waals surface area (Å²) in [6.45, 7) is 7.33. The van der Waals surface area contributed by atoms with E-state index in [9.17, 15) is 19.2 Å². The van der Waals surface area contributed by atoms with E-state index in [-0.39, 0.29) is 18.7 Å². The Morgan fingerprint density at radius 2 is 1.58 bits per heavy atom. The zero-order valence-corrected chi connectivity index (χ0v) is 19.4. The molecule has 0 unspecified atom stereocenters. The summed E-state index contributed by atoms with van der Waals surface area (Å²) in [5.74, 6) is -1.39. The minimum atomic E-state index is -1.42. The lowest BCUT2D eigenvalue weighted by Crippen LogP contribution is -2.52. The Kier molecular flexibility index (Phi) is 8.78. The number of carbonyl (C=O) groups is 4. The van der Waals surface area contributed by atoms with Crippen molar-refractivity contribution in [3.63, 3.8) is 0 Å². The third-order valence-electron chi connectivity index (χ3n) is 4.75. The van der Waals surface area contributed by atoms with Gasteiger partial charge in [-0.05, 0) is 44.0 Å². The predicted octanol–water partition coefficient (Wildman–Crippen LogP) is 2.29. The van der Waals surface area contributed by atoms with E-state index >= 15 is 0 Å². The van der Waals surface area contributed by atoms with E-state index in [0.29, 0.717) is 6.54 Å². The molecule has 5 N–H and O–H groups in total. The molecule has 0 radical (unpaired) electrons. The van der Waals surface area contributed by atoms with Gasteiger partial charge in [0.2, 0.25) is 17.7 Å². The number of hydrogen-bond donors (Lipinski definition) is 5. The summed E-state index contributed by atoms with van der Waals surface area (Å²) >= 11 is 0. The van der Waals surface area contributed by atoms with Gasteiger partial charge in [-0.15, -0.1) is 0 Å². The highest BCUT2D eigenvalue weighted by Gasteiger charge is 2.27. The summed E-state index contributed by atoms with van der Waals surface area (Å²) < 4.78 is 0. The summed E-state index contributed by atoms with van der Waals surface area (Å²) in [5, 5.41) is 21.4. The maximum absolute atomic E-state index is 12.5. The van der Waals surface area contributed by atoms with E-state index < -0.39 is 35.5 Å². The minimum absolute atomic E-state index is 0.00445. The largest absolute Gasteiger partial charge is 0.465 e. The summed E-state index contributed by atoms with van der Waals surface area (Å²) in [5.41, 5.74) is 0.463. The second-order valence-corrected chi connectivity index (χ2v) is 9.03. The number of rotatable bonds is 9. The van der Waals surface area contributed by atoms with Crippen LogP contribution < -0.4 is 21.3 Å². The van der Waals surface area contributed by atoms with E-state index in [1.54, 1.807) is 27.7 Å². The maximum atomic E-state index is 12.5. The molecule has 0 aliphatic heterocycles. The van der Waals surface area contributed by atoms with Crippen LogP contribution in [0.3, 0.4) is 0 Å². The summed E-state index contributed by atoms with van der Waals surface area (Å²) in [6, 6.07) is 11.9. The third kappa shape index (κ3) is 8.80. The van der Waals surface area contributed by atoms with E-state index in [4.69, 9.17) is 5.11 Å². The highest BCUT2D eigenvalue weighted by Crippen LogP contribution is 2.18. The van der Waals surface area contributed by atoms with Crippen LogP contribution in [0.1, 0.15) is 46.1 Å². The van der Waals surface area contributed by atoms with Gasteiger partial charge in [-0.2, -0.15) is 0 Å². The number of hydrogen-bond acceptors (Lipinski definition) is 4. The Balaban J connectivity index is 1.90. The quantitative estimate of drug-likeness (QED) is 0.394. The molecular weight excluding hydrogens is 424 g/mol. The van der Waals surface area contributed by atoms with Crippen LogP contribution in [0.2, 0.25) is 0 Å². The molecular formula is C24H32N4O5. The van der Waals surface area contributed by atoms with Gasteiger partial charge in [0.1, 0.15) is 6.04 Å². The molecule has 0 aliphatic rings. The number of amides is 4. The standard InChI is InChI=1S/C24H32N4O5/c1-15(26-22(31)19(27-23(32)33)13-21(30)28-24(2,3)4)12-20(29)25-14-17-10-7-9-16-8-5-6-11-18(16)17/h5-11,15,19,27H,12-14H2,1-4H3,(H,25,29)(H,26,31)(H,28,30)(H,32,33)/t15-,19-/m0/s1. The monoisotopic (exact) mass is 456 g/mol. The van der Waals surface area contributed by atoms with Gasteiger partial charge in [-0.3, -0.25) is 14.4 Å². The first kappa shape index (κ1) is 25.6. The summed E-state index contributed by atoms with van der Waals surface area (Å²) in [7, 11) is 0. The molecule has 0 aromatic heterocycles. The van der Waals surface area contributed by atoms with Crippen LogP contribution in [-0.4, -0.2) is 46.5 Å². The second-order valence-electron chi connectivity index (χ2n) is 9.03. The molecule has 0 aliphatic carbocycles. The lowest BCUT2D eigenvalue weighted by Gasteiger charge is -2.23. The average Bonchev–Trinajstić information content (AvgIpc) is 2.69. The average molecular weight is 457 g/mol. The van der Waals surface area contributed by atoms with Crippen LogP contribution in [0.5, 0.6) is 0 Å². The van der Waals surface area contributed by atoms with Crippen molar-refractivity contribution < 1.29 is 24.3 Å². The highest BCUT2D eigenvalue weighted by molar-refractivity contribution is 5.91. The van der Waals surface area contributed by atoms with E-state index in [0.717, 1.165) is 16.3 Å². The van der Waals surface area contributed by atoms with Gasteiger partial charge < -0.3 is 26.4 Å². The highest BCUT2D eigenvalue weighted by atomic mass is 16.4. The fraction of sp³-hybridized carbons (Fsp3) is 0.417. The molecule has 2 aromatic carbocycles. The van der Waals surface area contributed by atoms with Crippen molar-refractivity contribution in [3.05, 3.63) is 48.0 Å². The van der Waals surface area contributed by atoms with Gasteiger partial charge in [-0.25, -0.2) is 4.79 Å². The van der Waals surface area contributed by atoms with Crippen molar-refractivity contribution in [1.82, 2.24) is 21.3 Å². The molecule has 9 nitrogen and oxygen atoms in total. The Labute approximate surface area is 193 Å². The smallest absolute Gasteiger partial charge is 0.405 e.